The molecule has 0 unspecified atom stereocenters. The van der Waals surface area contributed by atoms with Gasteiger partial charge in [-0.1, -0.05) is 49.7 Å². The topological polar surface area (TPSA) is 45.9 Å². The summed E-state index contributed by atoms with van der Waals surface area (Å²) in [6.07, 6.45) is 5.19. The first-order valence-electron chi connectivity index (χ1n) is 11.0. The van der Waals surface area contributed by atoms with Gasteiger partial charge in [0.1, 0.15) is 11.6 Å². The molecule has 0 radical (unpaired) electrons. The van der Waals surface area contributed by atoms with Crippen LogP contribution in [0, 0.1) is 17.1 Å². The molecule has 0 atom stereocenters. The van der Waals surface area contributed by atoms with Crippen LogP contribution >= 0.6 is 0 Å². The Bertz CT molecular complexity index is 1240. The number of hydrogen-bond donors (Lipinski definition) is 0. The van der Waals surface area contributed by atoms with Crippen molar-refractivity contribution in [1.29, 1.82) is 5.26 Å². The van der Waals surface area contributed by atoms with E-state index in [1.54, 1.807) is 18.3 Å². The molecule has 160 valence electrons. The summed E-state index contributed by atoms with van der Waals surface area (Å²) < 4.78 is 20.8. The molecule has 0 saturated heterocycles. The van der Waals surface area contributed by atoms with Crippen LogP contribution in [0.1, 0.15) is 36.5 Å². The van der Waals surface area contributed by atoms with E-state index in [2.05, 4.69) is 18.0 Å². The van der Waals surface area contributed by atoms with Gasteiger partial charge in [-0.3, -0.25) is 4.98 Å². The van der Waals surface area contributed by atoms with Crippen molar-refractivity contribution in [3.05, 3.63) is 95.4 Å². The SMILES string of the molecule is CCCCOc1ccc(-c2ccc3c(F)c(CCc4ccc(C#N)cc4)ccc3c2)nc1. The molecule has 0 amide bonds. The van der Waals surface area contributed by atoms with E-state index in [0.717, 1.165) is 47.2 Å². The van der Waals surface area contributed by atoms with Gasteiger partial charge in [-0.25, -0.2) is 4.39 Å². The summed E-state index contributed by atoms with van der Waals surface area (Å²) in [5, 5.41) is 10.4. The van der Waals surface area contributed by atoms with Crippen molar-refractivity contribution in [1.82, 2.24) is 4.98 Å². The Labute approximate surface area is 188 Å². The monoisotopic (exact) mass is 424 g/mol. The predicted molar refractivity (Wildman–Crippen MR) is 126 cm³/mol. The number of fused-ring (bicyclic) bond motifs is 1. The second-order valence-corrected chi connectivity index (χ2v) is 7.86. The molecule has 4 rings (SSSR count). The number of ether oxygens (including phenoxy) is 1. The first-order chi connectivity index (χ1) is 15.7. The summed E-state index contributed by atoms with van der Waals surface area (Å²) in [4.78, 5) is 4.51. The van der Waals surface area contributed by atoms with E-state index < -0.39 is 0 Å². The van der Waals surface area contributed by atoms with Crippen LogP contribution in [-0.2, 0) is 12.8 Å². The maximum atomic E-state index is 15.2. The molecule has 0 aliphatic heterocycles. The maximum absolute atomic E-state index is 15.2. The standard InChI is InChI=1S/C28H25FN2O/c1-2-3-16-32-25-13-15-27(31-19-25)24-12-14-26-23(17-24)11-10-22(28(26)29)9-8-20-4-6-21(18-30)7-5-20/h4-7,10-15,17,19H,2-3,8-9,16H2,1H3. The van der Waals surface area contributed by atoms with Gasteiger partial charge in [0, 0.05) is 10.9 Å². The Kier molecular flexibility index (Phi) is 6.77. The van der Waals surface area contributed by atoms with E-state index >= 15 is 4.39 Å². The summed E-state index contributed by atoms with van der Waals surface area (Å²) >= 11 is 0. The van der Waals surface area contributed by atoms with Gasteiger partial charge in [-0.2, -0.15) is 5.26 Å². The molecule has 0 bridgehead atoms. The van der Waals surface area contributed by atoms with Crippen molar-refractivity contribution in [3.8, 4) is 23.1 Å². The van der Waals surface area contributed by atoms with Gasteiger partial charge in [0.15, 0.2) is 0 Å². The van der Waals surface area contributed by atoms with E-state index in [0.29, 0.717) is 29.5 Å². The van der Waals surface area contributed by atoms with Crippen LogP contribution in [0.3, 0.4) is 0 Å². The molecular formula is C28H25FN2O. The average molecular weight is 425 g/mol. The minimum absolute atomic E-state index is 0.171. The number of pyridine rings is 1. The molecule has 0 spiro atoms. The minimum Gasteiger partial charge on any atom is -0.492 e. The fourth-order valence-electron chi connectivity index (χ4n) is 3.69. The normalized spacial score (nSPS) is 10.8. The number of benzene rings is 3. The highest BCUT2D eigenvalue weighted by molar-refractivity contribution is 5.88. The van der Waals surface area contributed by atoms with E-state index in [9.17, 15) is 0 Å². The molecule has 4 aromatic rings. The highest BCUT2D eigenvalue weighted by atomic mass is 19.1. The molecule has 0 fully saturated rings. The number of aryl methyl sites for hydroxylation is 2. The Morgan fingerprint density at radius 3 is 2.53 bits per heavy atom. The first kappa shape index (κ1) is 21.5. The van der Waals surface area contributed by atoms with Crippen molar-refractivity contribution < 1.29 is 9.13 Å². The zero-order valence-electron chi connectivity index (χ0n) is 18.1. The number of halogens is 1. The summed E-state index contributed by atoms with van der Waals surface area (Å²) in [6.45, 7) is 2.83. The Hall–Kier alpha value is -3.71. The second-order valence-electron chi connectivity index (χ2n) is 7.86. The molecular weight excluding hydrogens is 399 g/mol. The highest BCUT2D eigenvalue weighted by Gasteiger charge is 2.10. The quantitative estimate of drug-likeness (QED) is 0.290. The lowest BCUT2D eigenvalue weighted by Crippen LogP contribution is -1.97. The van der Waals surface area contributed by atoms with E-state index in [1.165, 1.54) is 0 Å². The second kappa shape index (κ2) is 10.1. The van der Waals surface area contributed by atoms with E-state index in [1.807, 2.05) is 54.6 Å². The summed E-state index contributed by atoms with van der Waals surface area (Å²) in [7, 11) is 0. The van der Waals surface area contributed by atoms with Gasteiger partial charge in [-0.15, -0.1) is 0 Å². The number of nitrogens with zero attached hydrogens (tertiary/aromatic N) is 2. The van der Waals surface area contributed by atoms with Crippen LogP contribution in [0.25, 0.3) is 22.0 Å². The fourth-order valence-corrected chi connectivity index (χ4v) is 3.69. The number of unbranched alkanes of at least 4 members (excludes halogenated alkanes) is 1. The number of hydrogen-bond acceptors (Lipinski definition) is 3. The Morgan fingerprint density at radius 2 is 1.81 bits per heavy atom. The van der Waals surface area contributed by atoms with Crippen molar-refractivity contribution in [2.45, 2.75) is 32.6 Å². The van der Waals surface area contributed by atoms with Crippen LogP contribution < -0.4 is 4.74 Å². The Balaban J connectivity index is 1.49. The van der Waals surface area contributed by atoms with Gasteiger partial charge in [0.2, 0.25) is 0 Å². The van der Waals surface area contributed by atoms with Crippen LogP contribution in [0.2, 0.25) is 0 Å². The van der Waals surface area contributed by atoms with Gasteiger partial charge >= 0.3 is 0 Å². The number of aromatic nitrogens is 1. The van der Waals surface area contributed by atoms with Gasteiger partial charge in [-0.05, 0) is 66.1 Å². The molecule has 4 heteroatoms. The molecule has 0 aliphatic rings. The maximum Gasteiger partial charge on any atom is 0.137 e. The third kappa shape index (κ3) is 4.95. The molecule has 0 N–H and O–H groups in total. The van der Waals surface area contributed by atoms with Gasteiger partial charge in [0.25, 0.3) is 0 Å². The van der Waals surface area contributed by atoms with Gasteiger partial charge < -0.3 is 4.74 Å². The Morgan fingerprint density at radius 1 is 0.969 bits per heavy atom. The lowest BCUT2D eigenvalue weighted by molar-refractivity contribution is 0.308. The number of rotatable bonds is 8. The van der Waals surface area contributed by atoms with Crippen molar-refractivity contribution in [2.75, 3.05) is 6.61 Å². The molecule has 1 aromatic heterocycles. The van der Waals surface area contributed by atoms with Crippen LogP contribution in [-0.4, -0.2) is 11.6 Å². The summed E-state index contributed by atoms with van der Waals surface area (Å²) in [6, 6.07) is 23.0. The minimum atomic E-state index is -0.171. The lowest BCUT2D eigenvalue weighted by atomic mass is 9.98. The zero-order chi connectivity index (χ0) is 22.3. The van der Waals surface area contributed by atoms with Crippen molar-refractivity contribution in [2.24, 2.45) is 0 Å². The third-order valence-electron chi connectivity index (χ3n) is 5.60. The molecule has 1 heterocycles. The van der Waals surface area contributed by atoms with Crippen molar-refractivity contribution in [3.63, 3.8) is 0 Å². The highest BCUT2D eigenvalue weighted by Crippen LogP contribution is 2.28. The van der Waals surface area contributed by atoms with Gasteiger partial charge in [0.05, 0.1) is 30.1 Å². The third-order valence-corrected chi connectivity index (χ3v) is 5.60. The lowest BCUT2D eigenvalue weighted by Gasteiger charge is -2.10. The molecule has 3 nitrogen and oxygen atoms in total. The van der Waals surface area contributed by atoms with E-state index in [-0.39, 0.29) is 5.82 Å². The smallest absolute Gasteiger partial charge is 0.137 e. The molecule has 3 aromatic carbocycles. The van der Waals surface area contributed by atoms with Crippen LogP contribution in [0.5, 0.6) is 5.75 Å². The molecule has 0 aliphatic carbocycles. The first-order valence-corrected chi connectivity index (χ1v) is 11.0. The largest absolute Gasteiger partial charge is 0.492 e. The molecule has 0 saturated carbocycles. The average Bonchev–Trinajstić information content (AvgIpc) is 2.84. The summed E-state index contributed by atoms with van der Waals surface area (Å²) in [5.41, 5.74) is 4.20. The van der Waals surface area contributed by atoms with Crippen LogP contribution in [0.15, 0.2) is 72.9 Å². The van der Waals surface area contributed by atoms with Crippen LogP contribution in [0.4, 0.5) is 4.39 Å². The summed E-state index contributed by atoms with van der Waals surface area (Å²) in [5.74, 6) is 0.594. The zero-order valence-corrected chi connectivity index (χ0v) is 18.1. The number of nitriles is 1. The fraction of sp³-hybridized carbons (Fsp3) is 0.214. The predicted octanol–water partition coefficient (Wildman–Crippen LogP) is 6.88. The molecule has 32 heavy (non-hydrogen) atoms. The van der Waals surface area contributed by atoms with E-state index in [4.69, 9.17) is 10.00 Å². The van der Waals surface area contributed by atoms with Crippen molar-refractivity contribution >= 4 is 10.8 Å².